The molecule has 9 heterocycles. The Morgan fingerprint density at radius 1 is 0.631 bits per heavy atom. The second-order valence-electron chi connectivity index (χ2n) is 21.2. The van der Waals surface area contributed by atoms with Gasteiger partial charge in [-0.2, -0.15) is 0 Å². The molecule has 438 valence electrons. The topological polar surface area (TPSA) is 258 Å². The quantitative estimate of drug-likeness (QED) is 0.0544. The highest BCUT2D eigenvalue weighted by molar-refractivity contribution is 9.10. The molecule has 0 aliphatic carbocycles. The number of carbonyl (C=O) groups excluding carboxylic acids is 4. The average Bonchev–Trinajstić information content (AvgIpc) is 3.33. The van der Waals surface area contributed by atoms with E-state index in [4.69, 9.17) is 62.9 Å². The molecule has 0 saturated carbocycles. The van der Waals surface area contributed by atoms with Gasteiger partial charge in [0.1, 0.15) is 39.9 Å². The van der Waals surface area contributed by atoms with E-state index in [1.54, 1.807) is 95.3 Å². The minimum Gasteiger partial charge on any atom is -0.486 e. The van der Waals surface area contributed by atoms with Crippen LogP contribution in [0.2, 0.25) is 10.0 Å². The van der Waals surface area contributed by atoms with Crippen molar-refractivity contribution in [3.05, 3.63) is 158 Å². The number of ether oxygens (including phenoxy) is 4. The summed E-state index contributed by atoms with van der Waals surface area (Å²) in [5.41, 5.74) is 17.3. The first-order chi connectivity index (χ1) is 40.3. The fourth-order valence-electron chi connectivity index (χ4n) is 9.30. The van der Waals surface area contributed by atoms with Crippen LogP contribution in [-0.4, -0.2) is 150 Å². The van der Waals surface area contributed by atoms with Crippen molar-refractivity contribution in [2.75, 3.05) is 77.2 Å². The molecule has 6 N–H and O–H groups in total. The van der Waals surface area contributed by atoms with Crippen LogP contribution in [0.5, 0.6) is 11.5 Å². The number of nitrogens with one attached hydrogen (secondary N) is 2. The zero-order valence-electron chi connectivity index (χ0n) is 46.8. The SMILES string of the molecule is CC1(C)OB(c2cc(Cl)c3c(c2)CC(CNC(=O)/C=C/c2ccc(N)nc2)O3)OC1(C)C.Nc1ccc(/C=C/C(=O)NCC2Cc3cc(-c4ccc(C(=O)N5CCOCC5)cn4)cc(Cl)c3O2)cn1.O=C(c1ccc(Br)nc1)N1CCOCC1. The molecule has 2 atom stereocenters. The molecule has 3 saturated heterocycles. The Bertz CT molecular complexity index is 3370. The number of amides is 4. The van der Waals surface area contributed by atoms with E-state index in [9.17, 15) is 19.2 Å². The van der Waals surface area contributed by atoms with Crippen LogP contribution in [0.4, 0.5) is 11.6 Å². The zero-order valence-corrected chi connectivity index (χ0v) is 49.9. The van der Waals surface area contributed by atoms with Gasteiger partial charge >= 0.3 is 7.12 Å². The van der Waals surface area contributed by atoms with E-state index < -0.39 is 18.3 Å². The first-order valence-corrected chi connectivity index (χ1v) is 28.8. The summed E-state index contributed by atoms with van der Waals surface area (Å²) in [7, 11) is -0.491. The number of pyridine rings is 4. The van der Waals surface area contributed by atoms with Gasteiger partial charge in [-0.3, -0.25) is 24.2 Å². The summed E-state index contributed by atoms with van der Waals surface area (Å²) in [5, 5.41) is 6.71. The number of nitrogen functional groups attached to an aromatic ring is 2. The van der Waals surface area contributed by atoms with Crippen LogP contribution in [0.25, 0.3) is 23.4 Å². The van der Waals surface area contributed by atoms with Crippen molar-refractivity contribution < 1.29 is 47.4 Å². The van der Waals surface area contributed by atoms with E-state index in [-0.39, 0.29) is 35.8 Å². The van der Waals surface area contributed by atoms with Gasteiger partial charge in [0.2, 0.25) is 11.8 Å². The van der Waals surface area contributed by atoms with Crippen LogP contribution in [0.15, 0.2) is 114 Å². The lowest BCUT2D eigenvalue weighted by molar-refractivity contribution is -0.117. The number of carbonyl (C=O) groups is 4. The van der Waals surface area contributed by atoms with E-state index in [1.807, 2.05) is 52.0 Å². The maximum absolute atomic E-state index is 12.7. The number of nitrogens with two attached hydrogens (primary N) is 2. The minimum atomic E-state index is -0.491. The third-order valence-electron chi connectivity index (χ3n) is 14.6. The standard InChI is InChI=1S/C27H26ClN5O4.C23H27BClN3O4.C10H11BrN2O2/c28-22-13-19(23-4-3-18(15-30-23)27(35)33-7-9-36-10-8-33)11-20-12-21(37-26(20)22)16-32-25(34)6-2-17-1-5-24(29)31-14-17;1-22(2)23(3,4)32-24(31-22)16-9-15-10-17(30-21(15)18(25)11-16)13-28-20(29)8-6-14-5-7-19(26)27-12-14;11-9-2-1-8(7-12-9)10(14)13-3-5-15-6-4-13/h1-6,11,13-15,21H,7-10,12,16H2,(H2,29,31)(H,32,34);5-9,11-12,17H,10,13H2,1-4H3,(H2,26,27)(H,28,29);1-2,7H,3-6H2/b6-2+;8-6+;. The summed E-state index contributed by atoms with van der Waals surface area (Å²) >= 11 is 16.3. The molecule has 2 unspecified atom stereocenters. The minimum absolute atomic E-state index is 0.0262. The van der Waals surface area contributed by atoms with Gasteiger partial charge in [0.15, 0.2) is 0 Å². The molecule has 5 aliphatic heterocycles. The molecule has 24 heteroatoms. The van der Waals surface area contributed by atoms with Crippen molar-refractivity contribution in [2.24, 2.45) is 0 Å². The molecular weight excluding hydrogens is 1180 g/mol. The maximum Gasteiger partial charge on any atom is 0.494 e. The molecule has 4 aromatic heterocycles. The molecule has 6 aromatic rings. The third kappa shape index (κ3) is 15.8. The summed E-state index contributed by atoms with van der Waals surface area (Å²) in [4.78, 5) is 69.1. The van der Waals surface area contributed by atoms with Crippen molar-refractivity contribution in [1.29, 1.82) is 0 Å². The number of anilines is 2. The van der Waals surface area contributed by atoms with Crippen molar-refractivity contribution in [3.8, 4) is 22.8 Å². The molecule has 0 spiro atoms. The van der Waals surface area contributed by atoms with Crippen LogP contribution < -0.4 is 37.0 Å². The summed E-state index contributed by atoms with van der Waals surface area (Å²) in [6.07, 6.45) is 13.4. The van der Waals surface area contributed by atoms with Crippen molar-refractivity contribution in [1.82, 2.24) is 40.4 Å². The predicted octanol–water partition coefficient (Wildman–Crippen LogP) is 7.05. The Kier molecular flexibility index (Phi) is 20.0. The van der Waals surface area contributed by atoms with Gasteiger partial charge < -0.3 is 60.2 Å². The van der Waals surface area contributed by atoms with Gasteiger partial charge in [-0.15, -0.1) is 0 Å². The first kappa shape index (κ1) is 61.1. The number of nitrogens with zero attached hydrogens (tertiary/aromatic N) is 6. The van der Waals surface area contributed by atoms with Crippen LogP contribution in [0, 0.1) is 0 Å². The molecule has 84 heavy (non-hydrogen) atoms. The third-order valence-corrected chi connectivity index (χ3v) is 15.6. The molecule has 2 aromatic carbocycles. The number of benzene rings is 2. The zero-order chi connectivity index (χ0) is 59.5. The second-order valence-corrected chi connectivity index (χ2v) is 22.8. The van der Waals surface area contributed by atoms with Crippen LogP contribution in [0.1, 0.15) is 70.7 Å². The molecule has 20 nitrogen and oxygen atoms in total. The molecule has 0 radical (unpaired) electrons. The van der Waals surface area contributed by atoms with E-state index in [2.05, 4.69) is 46.5 Å². The molecule has 5 aliphatic rings. The van der Waals surface area contributed by atoms with Gasteiger partial charge in [0, 0.05) is 87.1 Å². The van der Waals surface area contributed by atoms with Crippen LogP contribution in [0.3, 0.4) is 0 Å². The van der Waals surface area contributed by atoms with E-state index >= 15 is 0 Å². The molecular formula is C60H64BBrCl2N10O10. The highest BCUT2D eigenvalue weighted by atomic mass is 79.9. The smallest absolute Gasteiger partial charge is 0.486 e. The van der Waals surface area contributed by atoms with E-state index in [0.29, 0.717) is 129 Å². The average molecular weight is 1250 g/mol. The predicted molar refractivity (Wildman–Crippen MR) is 325 cm³/mol. The molecule has 3 fully saturated rings. The number of aromatic nitrogens is 4. The lowest BCUT2D eigenvalue weighted by Gasteiger charge is -2.32. The van der Waals surface area contributed by atoms with Crippen molar-refractivity contribution in [3.63, 3.8) is 0 Å². The monoisotopic (exact) mass is 1240 g/mol. The normalized spacial score (nSPS) is 18.3. The van der Waals surface area contributed by atoms with E-state index in [0.717, 1.165) is 37.9 Å². The largest absolute Gasteiger partial charge is 0.494 e. The highest BCUT2D eigenvalue weighted by Gasteiger charge is 2.52. The van der Waals surface area contributed by atoms with Crippen LogP contribution in [-0.2, 0) is 41.2 Å². The lowest BCUT2D eigenvalue weighted by atomic mass is 9.78. The Morgan fingerprint density at radius 2 is 1.11 bits per heavy atom. The molecule has 11 rings (SSSR count). The Balaban J connectivity index is 0.000000164. The Labute approximate surface area is 505 Å². The maximum atomic E-state index is 12.7. The fraction of sp³-hybridized carbons (Fsp3) is 0.333. The van der Waals surface area contributed by atoms with Gasteiger partial charge in [-0.05, 0) is 145 Å². The summed E-state index contributed by atoms with van der Waals surface area (Å²) < 4.78 is 35.5. The molecule has 4 amide bonds. The number of halogens is 3. The fourth-order valence-corrected chi connectivity index (χ4v) is 10.1. The van der Waals surface area contributed by atoms with Gasteiger partial charge in [-0.25, -0.2) is 15.0 Å². The highest BCUT2D eigenvalue weighted by Crippen LogP contribution is 2.41. The number of morpholine rings is 2. The second kappa shape index (κ2) is 27.5. The lowest BCUT2D eigenvalue weighted by Crippen LogP contribution is -2.41. The van der Waals surface area contributed by atoms with E-state index in [1.165, 1.54) is 12.2 Å². The number of rotatable bonds is 12. The Morgan fingerprint density at radius 3 is 1.56 bits per heavy atom. The summed E-state index contributed by atoms with van der Waals surface area (Å²) in [6, 6.07) is 21.7. The van der Waals surface area contributed by atoms with Gasteiger partial charge in [-0.1, -0.05) is 29.3 Å². The van der Waals surface area contributed by atoms with Gasteiger partial charge in [0.25, 0.3) is 11.8 Å². The van der Waals surface area contributed by atoms with Gasteiger partial charge in [0.05, 0.1) is 77.6 Å². The van der Waals surface area contributed by atoms with Crippen molar-refractivity contribution in [2.45, 2.75) is 63.9 Å². The first-order valence-electron chi connectivity index (χ1n) is 27.3. The van der Waals surface area contributed by atoms with Crippen LogP contribution >= 0.6 is 39.1 Å². The number of hydrogen-bond acceptors (Lipinski definition) is 16. The number of fused-ring (bicyclic) bond motifs is 2. The molecule has 0 bridgehead atoms. The summed E-state index contributed by atoms with van der Waals surface area (Å²) in [6.45, 7) is 13.6. The number of hydrogen-bond donors (Lipinski definition) is 4. The summed E-state index contributed by atoms with van der Waals surface area (Å²) in [5.74, 6) is 1.65. The Hall–Kier alpha value is -7.44. The van der Waals surface area contributed by atoms with Crippen molar-refractivity contribution >= 4 is 99.1 Å².